The Morgan fingerprint density at radius 2 is 0.656 bits per heavy atom. The van der Waals surface area contributed by atoms with E-state index in [2.05, 4.69) is 154 Å². The Hall–Kier alpha value is -3.96. The molecule has 0 saturated carbocycles. The van der Waals surface area contributed by atoms with Crippen molar-refractivity contribution in [3.8, 4) is 0 Å². The minimum Gasteiger partial charge on any atom is -0.462 e. The second kappa shape index (κ2) is 53.4. The van der Waals surface area contributed by atoms with Crippen LogP contribution in [0.5, 0.6) is 0 Å². The summed E-state index contributed by atoms with van der Waals surface area (Å²) in [7, 11) is 0. The normalized spacial score (nSPS) is 13.4. The molecule has 0 aliphatic carbocycles. The first-order chi connectivity index (χ1) is 31.6. The number of carbonyl (C=O) groups is 2. The quantitative estimate of drug-likeness (QED) is 0.0346. The highest BCUT2D eigenvalue weighted by atomic mass is 16.6. The van der Waals surface area contributed by atoms with Gasteiger partial charge in [-0.2, -0.15) is 0 Å². The summed E-state index contributed by atoms with van der Waals surface area (Å²) >= 11 is 0. The Balaban J connectivity index is 4.44. The molecule has 0 saturated heterocycles. The molecule has 0 aliphatic rings. The van der Waals surface area contributed by atoms with E-state index in [1.807, 2.05) is 0 Å². The molecule has 5 nitrogen and oxygen atoms in total. The van der Waals surface area contributed by atoms with Gasteiger partial charge in [0.1, 0.15) is 6.61 Å². The van der Waals surface area contributed by atoms with E-state index in [0.717, 1.165) is 141 Å². The second-order valence-electron chi connectivity index (χ2n) is 16.3. The van der Waals surface area contributed by atoms with E-state index in [1.54, 1.807) is 0 Å². The molecule has 0 spiro atoms. The van der Waals surface area contributed by atoms with Crippen molar-refractivity contribution < 1.29 is 23.8 Å². The third-order valence-corrected chi connectivity index (χ3v) is 10.2. The van der Waals surface area contributed by atoms with Gasteiger partial charge in [-0.15, -0.1) is 0 Å². The SMILES string of the molecule is CC/C=C\C/C=C\C/C=C\C/C=C\CCCCCCC(=O)OCC(COCCC/C=C\C/C=C\C/C=C\C/C=C\CC)OC(=O)CCCCCCCCC/C=C\C/C=C\C/C=C\CC. The highest BCUT2D eigenvalue weighted by Gasteiger charge is 2.17. The van der Waals surface area contributed by atoms with Crippen LogP contribution in [0.15, 0.2) is 134 Å². The summed E-state index contributed by atoms with van der Waals surface area (Å²) in [4.78, 5) is 25.4. The maximum Gasteiger partial charge on any atom is 0.306 e. The van der Waals surface area contributed by atoms with Crippen LogP contribution in [0.4, 0.5) is 0 Å². The number of esters is 2. The fraction of sp³-hybridized carbons (Fsp3) is 0.593. The Labute approximate surface area is 394 Å². The van der Waals surface area contributed by atoms with E-state index in [1.165, 1.54) is 25.7 Å². The standard InChI is InChI=1S/C59H94O5/c1-4-7-10-13-16-19-22-25-28-30-32-34-37-40-43-46-49-52-58(60)63-56-57(55-62-54-51-48-45-42-39-36-27-24-21-18-15-12-9-6-3)64-59(61)53-50-47-44-41-38-35-33-31-29-26-23-20-17-14-11-8-5-2/h7-12,16-21,25-29,32,34,36,42,45,57H,4-6,13-15,22-24,30-31,33,35,37-41,43-44,46-56H2,1-3H3/b10-7-,11-8-,12-9-,19-16-,20-17-,21-18-,28-25-,29-26-,34-32-,36-27-,45-42-. The van der Waals surface area contributed by atoms with Crippen LogP contribution >= 0.6 is 0 Å². The first-order valence-corrected chi connectivity index (χ1v) is 25.7. The summed E-state index contributed by atoms with van der Waals surface area (Å²) in [5.41, 5.74) is 0. The van der Waals surface area contributed by atoms with E-state index in [-0.39, 0.29) is 25.2 Å². The zero-order valence-corrected chi connectivity index (χ0v) is 41.2. The summed E-state index contributed by atoms with van der Waals surface area (Å²) in [5, 5.41) is 0. The average molecular weight is 883 g/mol. The lowest BCUT2D eigenvalue weighted by atomic mass is 10.1. The highest BCUT2D eigenvalue weighted by molar-refractivity contribution is 5.70. The number of allylic oxidation sites excluding steroid dienone is 22. The van der Waals surface area contributed by atoms with Gasteiger partial charge in [0.05, 0.1) is 6.61 Å². The third-order valence-electron chi connectivity index (χ3n) is 10.2. The molecule has 0 aromatic heterocycles. The molecule has 0 radical (unpaired) electrons. The summed E-state index contributed by atoms with van der Waals surface area (Å²) in [6.07, 6.45) is 76.1. The molecule has 64 heavy (non-hydrogen) atoms. The molecular weight excluding hydrogens is 789 g/mol. The maximum atomic E-state index is 12.8. The van der Waals surface area contributed by atoms with Crippen molar-refractivity contribution in [3.05, 3.63) is 134 Å². The Morgan fingerprint density at radius 3 is 1.05 bits per heavy atom. The predicted octanol–water partition coefficient (Wildman–Crippen LogP) is 17.6. The van der Waals surface area contributed by atoms with E-state index < -0.39 is 6.10 Å². The first-order valence-electron chi connectivity index (χ1n) is 25.7. The maximum absolute atomic E-state index is 12.8. The number of hydrogen-bond acceptors (Lipinski definition) is 5. The Bertz CT molecular complexity index is 1370. The third kappa shape index (κ3) is 50.7. The minimum atomic E-state index is -0.590. The molecular formula is C59H94O5. The van der Waals surface area contributed by atoms with Gasteiger partial charge in [0, 0.05) is 19.4 Å². The molecule has 0 amide bonds. The van der Waals surface area contributed by atoms with Crippen LogP contribution in [0.2, 0.25) is 0 Å². The van der Waals surface area contributed by atoms with Crippen LogP contribution in [-0.2, 0) is 23.8 Å². The van der Waals surface area contributed by atoms with Crippen LogP contribution in [0, 0.1) is 0 Å². The van der Waals surface area contributed by atoms with Crippen LogP contribution in [0.3, 0.4) is 0 Å². The van der Waals surface area contributed by atoms with Gasteiger partial charge >= 0.3 is 11.9 Å². The van der Waals surface area contributed by atoms with Gasteiger partial charge in [0.25, 0.3) is 0 Å². The number of unbranched alkanes of at least 4 members (excludes halogenated alkanes) is 12. The molecule has 0 heterocycles. The van der Waals surface area contributed by atoms with Crippen molar-refractivity contribution in [2.45, 2.75) is 207 Å². The summed E-state index contributed by atoms with van der Waals surface area (Å²) in [5.74, 6) is -0.477. The van der Waals surface area contributed by atoms with Crippen molar-refractivity contribution in [3.63, 3.8) is 0 Å². The van der Waals surface area contributed by atoms with Crippen molar-refractivity contribution in [2.75, 3.05) is 19.8 Å². The van der Waals surface area contributed by atoms with Gasteiger partial charge in [-0.1, -0.05) is 199 Å². The molecule has 0 aromatic rings. The predicted molar refractivity (Wildman–Crippen MR) is 278 cm³/mol. The second-order valence-corrected chi connectivity index (χ2v) is 16.3. The van der Waals surface area contributed by atoms with Gasteiger partial charge in [0.15, 0.2) is 6.10 Å². The molecule has 0 N–H and O–H groups in total. The topological polar surface area (TPSA) is 61.8 Å². The first kappa shape index (κ1) is 60.0. The summed E-state index contributed by atoms with van der Waals surface area (Å²) < 4.78 is 17.3. The molecule has 0 bridgehead atoms. The lowest BCUT2D eigenvalue weighted by molar-refractivity contribution is -0.163. The zero-order chi connectivity index (χ0) is 46.3. The Morgan fingerprint density at radius 1 is 0.344 bits per heavy atom. The zero-order valence-electron chi connectivity index (χ0n) is 41.2. The molecule has 1 atom stereocenters. The molecule has 360 valence electrons. The van der Waals surface area contributed by atoms with Crippen molar-refractivity contribution in [2.24, 2.45) is 0 Å². The van der Waals surface area contributed by atoms with Crippen LogP contribution in [0.1, 0.15) is 201 Å². The van der Waals surface area contributed by atoms with E-state index in [4.69, 9.17) is 14.2 Å². The Kier molecular flexibility index (Phi) is 50.1. The smallest absolute Gasteiger partial charge is 0.306 e. The fourth-order valence-corrected chi connectivity index (χ4v) is 6.46. The van der Waals surface area contributed by atoms with Crippen LogP contribution < -0.4 is 0 Å². The number of rotatable bonds is 45. The minimum absolute atomic E-state index is 0.0375. The molecule has 1 unspecified atom stereocenters. The van der Waals surface area contributed by atoms with Gasteiger partial charge in [-0.05, 0) is 122 Å². The molecule has 0 aliphatic heterocycles. The van der Waals surface area contributed by atoms with Gasteiger partial charge in [-0.3, -0.25) is 9.59 Å². The van der Waals surface area contributed by atoms with Crippen LogP contribution in [-0.4, -0.2) is 37.9 Å². The van der Waals surface area contributed by atoms with Crippen molar-refractivity contribution in [1.29, 1.82) is 0 Å². The van der Waals surface area contributed by atoms with E-state index in [0.29, 0.717) is 19.4 Å². The van der Waals surface area contributed by atoms with Crippen molar-refractivity contribution >= 4 is 11.9 Å². The highest BCUT2D eigenvalue weighted by Crippen LogP contribution is 2.12. The number of carbonyl (C=O) groups excluding carboxylic acids is 2. The van der Waals surface area contributed by atoms with Crippen molar-refractivity contribution in [1.82, 2.24) is 0 Å². The number of hydrogen-bond donors (Lipinski definition) is 0. The monoisotopic (exact) mass is 883 g/mol. The summed E-state index contributed by atoms with van der Waals surface area (Å²) in [6.45, 7) is 7.30. The van der Waals surface area contributed by atoms with E-state index >= 15 is 0 Å². The van der Waals surface area contributed by atoms with Crippen LogP contribution in [0.25, 0.3) is 0 Å². The molecule has 0 aromatic carbocycles. The van der Waals surface area contributed by atoms with Gasteiger partial charge in [0.2, 0.25) is 0 Å². The lowest BCUT2D eigenvalue weighted by Gasteiger charge is -2.18. The van der Waals surface area contributed by atoms with Gasteiger partial charge in [-0.25, -0.2) is 0 Å². The summed E-state index contributed by atoms with van der Waals surface area (Å²) in [6, 6.07) is 0. The molecule has 5 heteroatoms. The average Bonchev–Trinajstić information content (AvgIpc) is 3.30. The molecule has 0 fully saturated rings. The van der Waals surface area contributed by atoms with E-state index in [9.17, 15) is 9.59 Å². The van der Waals surface area contributed by atoms with Gasteiger partial charge < -0.3 is 14.2 Å². The lowest BCUT2D eigenvalue weighted by Crippen LogP contribution is -2.30. The molecule has 0 rings (SSSR count). The fourth-order valence-electron chi connectivity index (χ4n) is 6.46. The number of ether oxygens (including phenoxy) is 3. The largest absolute Gasteiger partial charge is 0.462 e.